The van der Waals surface area contributed by atoms with Crippen molar-refractivity contribution in [3.8, 4) is 5.75 Å². The Balaban J connectivity index is 2.10. The van der Waals surface area contributed by atoms with E-state index in [0.717, 1.165) is 12.2 Å². The van der Waals surface area contributed by atoms with Crippen LogP contribution in [0.3, 0.4) is 0 Å². The van der Waals surface area contributed by atoms with Crippen molar-refractivity contribution in [1.82, 2.24) is 5.32 Å². The van der Waals surface area contributed by atoms with E-state index < -0.39 is 0 Å². The molecule has 1 aliphatic carbocycles. The van der Waals surface area contributed by atoms with E-state index in [2.05, 4.69) is 71.2 Å². The predicted molar refractivity (Wildman–Crippen MR) is 90.0 cm³/mol. The van der Waals surface area contributed by atoms with Gasteiger partial charge in [0, 0.05) is 6.04 Å². The molecule has 1 saturated carbocycles. The van der Waals surface area contributed by atoms with Gasteiger partial charge in [-0.15, -0.1) is 0 Å². The average molecular weight is 289 g/mol. The second-order valence-corrected chi connectivity index (χ2v) is 8.08. The van der Waals surface area contributed by atoms with Gasteiger partial charge in [-0.1, -0.05) is 46.8 Å². The van der Waals surface area contributed by atoms with Crippen LogP contribution in [0.1, 0.15) is 59.4 Å². The number of hydrogen-bond donors (Lipinski definition) is 1. The zero-order chi connectivity index (χ0) is 15.7. The molecule has 2 heteroatoms. The maximum atomic E-state index is 6.30. The Morgan fingerprint density at radius 3 is 2.29 bits per heavy atom. The standard InChI is InChI=1S/C19H31NO/c1-18(2,3)14-9-11-15(12-10-14)21-16-8-7-13-19(4,5)17(16)20-6/h9-12,16-17,20H,7-8,13H2,1-6H3. The van der Waals surface area contributed by atoms with Crippen molar-refractivity contribution in [2.24, 2.45) is 5.41 Å². The second-order valence-electron chi connectivity index (χ2n) is 8.08. The largest absolute Gasteiger partial charge is 0.489 e. The molecule has 1 aromatic rings. The van der Waals surface area contributed by atoms with Crippen molar-refractivity contribution < 1.29 is 4.74 Å². The zero-order valence-electron chi connectivity index (χ0n) is 14.5. The van der Waals surface area contributed by atoms with Gasteiger partial charge in [-0.25, -0.2) is 0 Å². The molecule has 0 amide bonds. The van der Waals surface area contributed by atoms with Crippen LogP contribution in [0.4, 0.5) is 0 Å². The summed E-state index contributed by atoms with van der Waals surface area (Å²) in [5.41, 5.74) is 1.84. The van der Waals surface area contributed by atoms with Gasteiger partial charge < -0.3 is 10.1 Å². The van der Waals surface area contributed by atoms with Gasteiger partial charge in [0.1, 0.15) is 11.9 Å². The molecule has 1 aliphatic rings. The quantitative estimate of drug-likeness (QED) is 0.882. The summed E-state index contributed by atoms with van der Waals surface area (Å²) < 4.78 is 6.30. The molecule has 0 spiro atoms. The van der Waals surface area contributed by atoms with Crippen molar-refractivity contribution in [3.05, 3.63) is 29.8 Å². The van der Waals surface area contributed by atoms with Crippen LogP contribution in [0.2, 0.25) is 0 Å². The van der Waals surface area contributed by atoms with E-state index in [1.807, 2.05) is 0 Å². The molecule has 118 valence electrons. The number of benzene rings is 1. The zero-order valence-corrected chi connectivity index (χ0v) is 14.5. The third-order valence-electron chi connectivity index (χ3n) is 4.84. The molecule has 0 aromatic heterocycles. The lowest BCUT2D eigenvalue weighted by molar-refractivity contribution is 0.0403. The smallest absolute Gasteiger partial charge is 0.119 e. The number of nitrogens with one attached hydrogen (secondary N) is 1. The fourth-order valence-corrected chi connectivity index (χ4v) is 3.50. The number of rotatable bonds is 3. The maximum Gasteiger partial charge on any atom is 0.119 e. The highest BCUT2D eigenvalue weighted by atomic mass is 16.5. The van der Waals surface area contributed by atoms with Gasteiger partial charge in [0.05, 0.1) is 0 Å². The Morgan fingerprint density at radius 2 is 1.76 bits per heavy atom. The molecule has 21 heavy (non-hydrogen) atoms. The van der Waals surface area contributed by atoms with Crippen molar-refractivity contribution in [2.75, 3.05) is 7.05 Å². The summed E-state index contributed by atoms with van der Waals surface area (Å²) >= 11 is 0. The lowest BCUT2D eigenvalue weighted by Gasteiger charge is -2.43. The van der Waals surface area contributed by atoms with Gasteiger partial charge in [0.15, 0.2) is 0 Å². The summed E-state index contributed by atoms with van der Waals surface area (Å²) in [5.74, 6) is 0.992. The Labute approximate surface area is 130 Å². The van der Waals surface area contributed by atoms with Crippen LogP contribution < -0.4 is 10.1 Å². The normalized spacial score (nSPS) is 25.6. The van der Waals surface area contributed by atoms with E-state index in [9.17, 15) is 0 Å². The van der Waals surface area contributed by atoms with Gasteiger partial charge in [-0.3, -0.25) is 0 Å². The highest BCUT2D eigenvalue weighted by Gasteiger charge is 2.39. The molecule has 0 heterocycles. The minimum absolute atomic E-state index is 0.193. The third-order valence-corrected chi connectivity index (χ3v) is 4.84. The molecule has 1 fully saturated rings. The van der Waals surface area contributed by atoms with Crippen molar-refractivity contribution >= 4 is 0 Å². The predicted octanol–water partition coefficient (Wildman–Crippen LogP) is 4.53. The second kappa shape index (κ2) is 6.00. The average Bonchev–Trinajstić information content (AvgIpc) is 2.37. The molecule has 0 saturated heterocycles. The molecule has 2 atom stereocenters. The van der Waals surface area contributed by atoms with E-state index in [-0.39, 0.29) is 11.5 Å². The van der Waals surface area contributed by atoms with Crippen LogP contribution >= 0.6 is 0 Å². The van der Waals surface area contributed by atoms with Gasteiger partial charge in [0.2, 0.25) is 0 Å². The maximum absolute atomic E-state index is 6.30. The molecule has 2 unspecified atom stereocenters. The highest BCUT2D eigenvalue weighted by molar-refractivity contribution is 5.31. The van der Waals surface area contributed by atoms with Crippen LogP contribution in [0.25, 0.3) is 0 Å². The van der Waals surface area contributed by atoms with E-state index >= 15 is 0 Å². The summed E-state index contributed by atoms with van der Waals surface area (Å²) in [6.45, 7) is 11.4. The minimum Gasteiger partial charge on any atom is -0.489 e. The van der Waals surface area contributed by atoms with Crippen LogP contribution in [0, 0.1) is 5.41 Å². The molecule has 0 bridgehead atoms. The molecule has 1 N–H and O–H groups in total. The monoisotopic (exact) mass is 289 g/mol. The number of likely N-dealkylation sites (N-methyl/N-ethyl adjacent to an activating group) is 1. The van der Waals surface area contributed by atoms with E-state index in [1.165, 1.54) is 18.4 Å². The lowest BCUT2D eigenvalue weighted by Crippen LogP contribution is -2.53. The molecular formula is C19H31NO. The molecule has 0 aliphatic heterocycles. The van der Waals surface area contributed by atoms with Gasteiger partial charge in [0.25, 0.3) is 0 Å². The summed E-state index contributed by atoms with van der Waals surface area (Å²) in [6.07, 6.45) is 3.91. The SMILES string of the molecule is CNC1C(Oc2ccc(C(C)(C)C)cc2)CCCC1(C)C. The van der Waals surface area contributed by atoms with E-state index in [4.69, 9.17) is 4.74 Å². The van der Waals surface area contributed by atoms with Crippen LogP contribution in [0.15, 0.2) is 24.3 Å². The van der Waals surface area contributed by atoms with Gasteiger partial charge in [-0.2, -0.15) is 0 Å². The highest BCUT2D eigenvalue weighted by Crippen LogP contribution is 2.37. The van der Waals surface area contributed by atoms with Crippen molar-refractivity contribution in [3.63, 3.8) is 0 Å². The van der Waals surface area contributed by atoms with Crippen LogP contribution in [0.5, 0.6) is 5.75 Å². The Kier molecular flexibility index (Phi) is 4.67. The first-order valence-corrected chi connectivity index (χ1v) is 8.18. The van der Waals surface area contributed by atoms with Crippen LogP contribution in [-0.2, 0) is 5.41 Å². The van der Waals surface area contributed by atoms with Gasteiger partial charge >= 0.3 is 0 Å². The first kappa shape index (κ1) is 16.4. The Morgan fingerprint density at radius 1 is 1.14 bits per heavy atom. The van der Waals surface area contributed by atoms with Crippen LogP contribution in [-0.4, -0.2) is 19.2 Å². The third kappa shape index (κ3) is 3.79. The summed E-state index contributed by atoms with van der Waals surface area (Å²) in [6, 6.07) is 9.03. The first-order chi connectivity index (χ1) is 9.74. The molecule has 2 rings (SSSR count). The summed E-state index contributed by atoms with van der Waals surface area (Å²) in [7, 11) is 2.05. The number of ether oxygens (including phenoxy) is 1. The van der Waals surface area contributed by atoms with Crippen molar-refractivity contribution in [2.45, 2.75) is 71.4 Å². The lowest BCUT2D eigenvalue weighted by atomic mass is 9.72. The fourth-order valence-electron chi connectivity index (χ4n) is 3.50. The van der Waals surface area contributed by atoms with E-state index in [1.54, 1.807) is 0 Å². The summed E-state index contributed by atoms with van der Waals surface area (Å²) in [4.78, 5) is 0. The summed E-state index contributed by atoms with van der Waals surface area (Å²) in [5, 5.41) is 3.48. The minimum atomic E-state index is 0.193. The molecule has 1 aromatic carbocycles. The number of hydrogen-bond acceptors (Lipinski definition) is 2. The molecular weight excluding hydrogens is 258 g/mol. The van der Waals surface area contributed by atoms with Crippen molar-refractivity contribution in [1.29, 1.82) is 0 Å². The molecule has 0 radical (unpaired) electrons. The topological polar surface area (TPSA) is 21.3 Å². The fraction of sp³-hybridized carbons (Fsp3) is 0.684. The van der Waals surface area contributed by atoms with Gasteiger partial charge in [-0.05, 0) is 54.8 Å². The molecule has 2 nitrogen and oxygen atoms in total. The Hall–Kier alpha value is -1.02. The Bertz CT molecular complexity index is 455. The van der Waals surface area contributed by atoms with E-state index in [0.29, 0.717) is 11.5 Å². The first-order valence-electron chi connectivity index (χ1n) is 8.18.